The lowest BCUT2D eigenvalue weighted by molar-refractivity contribution is -0.118. The largest absolute Gasteiger partial charge is 0.482 e. The van der Waals surface area contributed by atoms with Crippen molar-refractivity contribution in [3.05, 3.63) is 22.7 Å². The maximum Gasteiger partial charge on any atom is 0.262 e. The summed E-state index contributed by atoms with van der Waals surface area (Å²) in [6.45, 7) is 4.23. The number of hydrogen-bond donors (Lipinski definition) is 1. The zero-order valence-corrected chi connectivity index (χ0v) is 12.9. The molecule has 112 valence electrons. The topological polar surface area (TPSA) is 55.4 Å². The van der Waals surface area contributed by atoms with Crippen LogP contribution in [0.1, 0.15) is 43.5 Å². The molecule has 1 saturated carbocycles. The second-order valence-corrected chi connectivity index (χ2v) is 6.87. The number of halogens is 1. The first-order valence-electron chi connectivity index (χ1n) is 7.19. The molecule has 1 aromatic carbocycles. The van der Waals surface area contributed by atoms with Gasteiger partial charge in [-0.25, -0.2) is 0 Å². The Kier molecular flexibility index (Phi) is 3.44. The number of fused-ring (bicyclic) bond motifs is 1. The molecule has 0 bridgehead atoms. The third-order valence-corrected chi connectivity index (χ3v) is 4.85. The number of benzene rings is 1. The van der Waals surface area contributed by atoms with Crippen molar-refractivity contribution in [2.45, 2.75) is 33.1 Å². The number of nitrogens with one attached hydrogen (secondary N) is 1. The standard InChI is InChI=1S/C16H18ClNO3/c1-16(2)5-3-4-10(16)15(20)9-6-13-12(7-11(9)17)18-14(19)8-21-13/h6-7,10H,3-5,8H2,1-2H3,(H,18,19). The van der Waals surface area contributed by atoms with E-state index in [4.69, 9.17) is 16.3 Å². The Bertz CT molecular complexity index is 624. The second kappa shape index (κ2) is 5.02. The molecule has 1 aromatic rings. The molecule has 1 aliphatic heterocycles. The molecule has 0 radical (unpaired) electrons. The highest BCUT2D eigenvalue weighted by Gasteiger charge is 2.40. The average molecular weight is 308 g/mol. The predicted octanol–water partition coefficient (Wildman–Crippen LogP) is 3.68. The maximum atomic E-state index is 12.8. The van der Waals surface area contributed by atoms with Crippen LogP contribution in [0.15, 0.2) is 12.1 Å². The maximum absolute atomic E-state index is 12.8. The lowest BCUT2D eigenvalue weighted by Gasteiger charge is -2.26. The Morgan fingerprint density at radius 3 is 2.86 bits per heavy atom. The van der Waals surface area contributed by atoms with Gasteiger partial charge in [-0.1, -0.05) is 31.9 Å². The van der Waals surface area contributed by atoms with E-state index < -0.39 is 0 Å². The van der Waals surface area contributed by atoms with Crippen molar-refractivity contribution < 1.29 is 14.3 Å². The van der Waals surface area contributed by atoms with Gasteiger partial charge in [-0.05, 0) is 30.4 Å². The van der Waals surface area contributed by atoms with Gasteiger partial charge in [-0.2, -0.15) is 0 Å². The fourth-order valence-electron chi connectivity index (χ4n) is 3.29. The van der Waals surface area contributed by atoms with Crippen molar-refractivity contribution in [1.29, 1.82) is 0 Å². The molecular formula is C16H18ClNO3. The molecule has 1 N–H and O–H groups in total. The smallest absolute Gasteiger partial charge is 0.262 e. The summed E-state index contributed by atoms with van der Waals surface area (Å²) in [5.74, 6) is 0.366. The fraction of sp³-hybridized carbons (Fsp3) is 0.500. The van der Waals surface area contributed by atoms with Crippen molar-refractivity contribution in [2.24, 2.45) is 11.3 Å². The average Bonchev–Trinajstić information content (AvgIpc) is 2.76. The molecule has 1 aliphatic carbocycles. The van der Waals surface area contributed by atoms with Gasteiger partial charge in [-0.15, -0.1) is 0 Å². The van der Waals surface area contributed by atoms with Crippen LogP contribution in [0.3, 0.4) is 0 Å². The number of hydrogen-bond acceptors (Lipinski definition) is 3. The highest BCUT2D eigenvalue weighted by atomic mass is 35.5. The van der Waals surface area contributed by atoms with E-state index >= 15 is 0 Å². The molecule has 0 aromatic heterocycles. The number of ether oxygens (including phenoxy) is 1. The summed E-state index contributed by atoms with van der Waals surface area (Å²) in [5, 5.41) is 3.06. The summed E-state index contributed by atoms with van der Waals surface area (Å²) in [6.07, 6.45) is 3.02. The molecule has 1 unspecified atom stereocenters. The Morgan fingerprint density at radius 1 is 1.43 bits per heavy atom. The van der Waals surface area contributed by atoms with Crippen LogP contribution < -0.4 is 10.1 Å². The first-order chi connectivity index (χ1) is 9.88. The quantitative estimate of drug-likeness (QED) is 0.848. The van der Waals surface area contributed by atoms with Crippen LogP contribution in [0.2, 0.25) is 5.02 Å². The minimum Gasteiger partial charge on any atom is -0.482 e. The fourth-order valence-corrected chi connectivity index (χ4v) is 3.55. The third kappa shape index (κ3) is 2.53. The summed E-state index contributed by atoms with van der Waals surface area (Å²) < 4.78 is 5.37. The molecule has 1 heterocycles. The van der Waals surface area contributed by atoms with E-state index in [1.165, 1.54) is 0 Å². The van der Waals surface area contributed by atoms with Crippen molar-refractivity contribution in [2.75, 3.05) is 11.9 Å². The van der Waals surface area contributed by atoms with Crippen molar-refractivity contribution in [1.82, 2.24) is 0 Å². The number of Topliss-reactive ketones (excluding diaryl/α,β-unsaturated/α-hetero) is 1. The van der Waals surface area contributed by atoms with Gasteiger partial charge in [0.1, 0.15) is 5.75 Å². The van der Waals surface area contributed by atoms with Gasteiger partial charge in [0.05, 0.1) is 10.7 Å². The van der Waals surface area contributed by atoms with Crippen LogP contribution in [-0.4, -0.2) is 18.3 Å². The summed E-state index contributed by atoms with van der Waals surface area (Å²) in [5.41, 5.74) is 1.02. The number of carbonyl (C=O) groups excluding carboxylic acids is 2. The van der Waals surface area contributed by atoms with E-state index in [1.807, 2.05) is 0 Å². The zero-order chi connectivity index (χ0) is 15.2. The van der Waals surface area contributed by atoms with Crippen LogP contribution >= 0.6 is 11.6 Å². The first kappa shape index (κ1) is 14.4. The molecule has 1 atom stereocenters. The SMILES string of the molecule is CC1(C)CCCC1C(=O)c1cc2c(cc1Cl)NC(=O)CO2. The van der Waals surface area contributed by atoms with E-state index in [2.05, 4.69) is 19.2 Å². The second-order valence-electron chi connectivity index (χ2n) is 6.46. The van der Waals surface area contributed by atoms with Crippen molar-refractivity contribution >= 4 is 29.0 Å². The predicted molar refractivity (Wildman–Crippen MR) is 81.0 cm³/mol. The monoisotopic (exact) mass is 307 g/mol. The lowest BCUT2D eigenvalue weighted by atomic mass is 9.77. The highest BCUT2D eigenvalue weighted by Crippen LogP contribution is 2.45. The van der Waals surface area contributed by atoms with Gasteiger partial charge in [-0.3, -0.25) is 9.59 Å². The Hall–Kier alpha value is -1.55. The van der Waals surface area contributed by atoms with Crippen LogP contribution in [0.5, 0.6) is 5.75 Å². The summed E-state index contributed by atoms with van der Waals surface area (Å²) in [7, 11) is 0. The third-order valence-electron chi connectivity index (χ3n) is 4.54. The summed E-state index contributed by atoms with van der Waals surface area (Å²) in [6, 6.07) is 3.26. The minimum absolute atomic E-state index is 0.00535. The minimum atomic E-state index is -0.213. The normalized spacial score (nSPS) is 23.2. The van der Waals surface area contributed by atoms with Gasteiger partial charge < -0.3 is 10.1 Å². The molecule has 1 fully saturated rings. The number of ketones is 1. The highest BCUT2D eigenvalue weighted by molar-refractivity contribution is 6.34. The Morgan fingerprint density at radius 2 is 2.19 bits per heavy atom. The molecule has 3 rings (SSSR count). The van der Waals surface area contributed by atoms with E-state index in [9.17, 15) is 9.59 Å². The molecule has 5 heteroatoms. The van der Waals surface area contributed by atoms with Gasteiger partial charge in [0, 0.05) is 11.5 Å². The molecular weight excluding hydrogens is 290 g/mol. The van der Waals surface area contributed by atoms with Crippen LogP contribution in [0.25, 0.3) is 0 Å². The molecule has 0 spiro atoms. The lowest BCUT2D eigenvalue weighted by Crippen LogP contribution is -2.28. The molecule has 4 nitrogen and oxygen atoms in total. The van der Waals surface area contributed by atoms with Crippen LogP contribution in [-0.2, 0) is 4.79 Å². The molecule has 1 amide bonds. The van der Waals surface area contributed by atoms with E-state index in [1.54, 1.807) is 12.1 Å². The van der Waals surface area contributed by atoms with E-state index in [0.717, 1.165) is 19.3 Å². The van der Waals surface area contributed by atoms with E-state index in [-0.39, 0.29) is 29.6 Å². The Balaban J connectivity index is 1.96. The zero-order valence-electron chi connectivity index (χ0n) is 12.2. The molecule has 2 aliphatic rings. The number of carbonyl (C=O) groups is 2. The molecule has 0 saturated heterocycles. The van der Waals surface area contributed by atoms with Gasteiger partial charge in [0.25, 0.3) is 5.91 Å². The van der Waals surface area contributed by atoms with Gasteiger partial charge >= 0.3 is 0 Å². The van der Waals surface area contributed by atoms with Gasteiger partial charge in [0.15, 0.2) is 12.4 Å². The van der Waals surface area contributed by atoms with Crippen LogP contribution in [0, 0.1) is 11.3 Å². The van der Waals surface area contributed by atoms with Gasteiger partial charge in [0.2, 0.25) is 0 Å². The number of anilines is 1. The molecule has 21 heavy (non-hydrogen) atoms. The Labute approximate surface area is 128 Å². The first-order valence-corrected chi connectivity index (χ1v) is 7.57. The number of rotatable bonds is 2. The number of amides is 1. The van der Waals surface area contributed by atoms with E-state index in [0.29, 0.717) is 22.0 Å². The van der Waals surface area contributed by atoms with Crippen molar-refractivity contribution in [3.63, 3.8) is 0 Å². The van der Waals surface area contributed by atoms with Crippen molar-refractivity contribution in [3.8, 4) is 5.75 Å². The van der Waals surface area contributed by atoms with Crippen LogP contribution in [0.4, 0.5) is 5.69 Å². The summed E-state index contributed by atoms with van der Waals surface area (Å²) >= 11 is 6.25. The summed E-state index contributed by atoms with van der Waals surface area (Å²) in [4.78, 5) is 24.1.